The van der Waals surface area contributed by atoms with Crippen molar-refractivity contribution in [3.63, 3.8) is 0 Å². The van der Waals surface area contributed by atoms with Crippen molar-refractivity contribution < 1.29 is 4.52 Å². The maximum Gasteiger partial charge on any atom is 0.202 e. The third-order valence-corrected chi connectivity index (χ3v) is 6.84. The van der Waals surface area contributed by atoms with E-state index in [0.717, 1.165) is 16.1 Å². The van der Waals surface area contributed by atoms with E-state index >= 15 is 0 Å². The number of H-pyrrole nitrogens is 1. The van der Waals surface area contributed by atoms with E-state index in [-0.39, 0.29) is 0 Å². The fourth-order valence-corrected chi connectivity index (χ4v) is 5.28. The van der Waals surface area contributed by atoms with Crippen molar-refractivity contribution in [3.05, 3.63) is 115 Å². The molecule has 0 bridgehead atoms. The van der Waals surface area contributed by atoms with E-state index in [4.69, 9.17) is 0 Å². The molecule has 1 N–H and O–H groups in total. The van der Waals surface area contributed by atoms with E-state index in [1.807, 2.05) is 0 Å². The summed E-state index contributed by atoms with van der Waals surface area (Å²) >= 11 is 1.78. The normalized spacial score (nSPS) is 11.4. The molecule has 0 fully saturated rings. The topological polar surface area (TPSA) is 24.3 Å². The van der Waals surface area contributed by atoms with Crippen LogP contribution in [0.3, 0.4) is 0 Å². The van der Waals surface area contributed by atoms with Gasteiger partial charge in [0.2, 0.25) is 5.52 Å². The second-order valence-corrected chi connectivity index (χ2v) is 8.99. The number of rotatable bonds is 4. The summed E-state index contributed by atoms with van der Waals surface area (Å²) in [6.45, 7) is 2.13. The third-order valence-electron chi connectivity index (χ3n) is 5.76. The van der Waals surface area contributed by atoms with Gasteiger partial charge in [-0.1, -0.05) is 102 Å². The van der Waals surface area contributed by atoms with E-state index in [1.165, 1.54) is 32.8 Å². The predicted molar refractivity (Wildman–Crippen MR) is 131 cm³/mol. The minimum atomic E-state index is 1.11. The molecule has 0 spiro atoms. The van der Waals surface area contributed by atoms with Crippen LogP contribution in [0.1, 0.15) is 5.56 Å². The predicted octanol–water partition coefficient (Wildman–Crippen LogP) is 6.80. The fourth-order valence-electron chi connectivity index (χ4n) is 4.24. The highest BCUT2D eigenvalue weighted by Gasteiger charge is 2.30. The summed E-state index contributed by atoms with van der Waals surface area (Å²) < 4.78 is 4.50. The molecule has 0 aliphatic carbocycles. The lowest BCUT2D eigenvalue weighted by atomic mass is 10.0. The van der Waals surface area contributed by atoms with Crippen LogP contribution in [0, 0.1) is 6.92 Å². The zero-order valence-corrected chi connectivity index (χ0v) is 18.5. The van der Waals surface area contributed by atoms with Crippen molar-refractivity contribution in [3.8, 4) is 22.4 Å². The Bertz CT molecular complexity index is 1530. The summed E-state index contributed by atoms with van der Waals surface area (Å²) in [4.78, 5) is 1.21. The summed E-state index contributed by atoms with van der Waals surface area (Å²) in [6.07, 6.45) is 0. The Morgan fingerprint density at radius 3 is 2.09 bits per heavy atom. The number of aromatic nitrogens is 3. The van der Waals surface area contributed by atoms with Crippen LogP contribution >= 0.6 is 11.8 Å². The van der Waals surface area contributed by atoms with E-state index in [1.54, 1.807) is 11.8 Å². The monoisotopic (exact) mass is 432 g/mol. The number of nitrogens with zero attached hydrogens (tertiary/aromatic N) is 2. The van der Waals surface area contributed by atoms with E-state index in [0.29, 0.717) is 0 Å². The number of aryl methyl sites for hydroxylation is 1. The maximum atomic E-state index is 3.64. The molecule has 0 aliphatic heterocycles. The molecule has 4 aromatic carbocycles. The van der Waals surface area contributed by atoms with Crippen molar-refractivity contribution in [1.82, 2.24) is 9.73 Å². The van der Waals surface area contributed by atoms with Crippen LogP contribution in [-0.4, -0.2) is 9.73 Å². The van der Waals surface area contributed by atoms with Gasteiger partial charge < -0.3 is 0 Å². The summed E-state index contributed by atoms with van der Waals surface area (Å²) in [5.41, 5.74) is 8.33. The first kappa shape index (κ1) is 19.0. The van der Waals surface area contributed by atoms with E-state index in [2.05, 4.69) is 130 Å². The van der Waals surface area contributed by atoms with Gasteiger partial charge in [-0.15, -0.1) is 4.52 Å². The molecule has 0 saturated carbocycles. The molecule has 0 radical (unpaired) electrons. The Morgan fingerprint density at radius 2 is 1.34 bits per heavy atom. The van der Waals surface area contributed by atoms with Gasteiger partial charge in [0.15, 0.2) is 16.2 Å². The zero-order valence-electron chi connectivity index (χ0n) is 17.7. The van der Waals surface area contributed by atoms with Gasteiger partial charge in [0.1, 0.15) is 0 Å². The molecule has 154 valence electrons. The second kappa shape index (κ2) is 7.74. The number of hydrogen-bond acceptors (Lipinski definition) is 1. The van der Waals surface area contributed by atoms with Gasteiger partial charge in [0, 0.05) is 10.5 Å². The van der Waals surface area contributed by atoms with Gasteiger partial charge in [0.05, 0.1) is 5.56 Å². The van der Waals surface area contributed by atoms with Gasteiger partial charge in [0.25, 0.3) is 0 Å². The first-order valence-corrected chi connectivity index (χ1v) is 11.5. The van der Waals surface area contributed by atoms with Crippen LogP contribution in [0.2, 0.25) is 0 Å². The lowest BCUT2D eigenvalue weighted by Crippen LogP contribution is -2.28. The number of aromatic amines is 1. The highest BCUT2D eigenvalue weighted by molar-refractivity contribution is 7.99. The molecule has 3 nitrogen and oxygen atoms in total. The molecule has 6 aromatic rings. The largest absolute Gasteiger partial charge is 0.202 e. The minimum absolute atomic E-state index is 1.11. The molecule has 6 rings (SSSR count). The van der Waals surface area contributed by atoms with Gasteiger partial charge in [-0.25, -0.2) is 0 Å². The summed E-state index contributed by atoms with van der Waals surface area (Å²) in [7, 11) is 0. The summed E-state index contributed by atoms with van der Waals surface area (Å²) in [5, 5.41) is 4.80. The fraction of sp³-hybridized carbons (Fsp3) is 0.0357. The van der Waals surface area contributed by atoms with Crippen molar-refractivity contribution in [2.24, 2.45) is 0 Å². The average Bonchev–Trinajstić information content (AvgIpc) is 3.36. The average molecular weight is 433 g/mol. The number of hydrogen-bond donors (Lipinski definition) is 1. The first-order chi connectivity index (χ1) is 15.8. The van der Waals surface area contributed by atoms with Gasteiger partial charge in [-0.2, -0.15) is 5.10 Å². The Hall–Kier alpha value is -3.76. The summed E-state index contributed by atoms with van der Waals surface area (Å²) in [6, 6.07) is 38.6. The molecule has 2 heterocycles. The zero-order chi connectivity index (χ0) is 21.5. The van der Waals surface area contributed by atoms with Crippen molar-refractivity contribution >= 4 is 22.8 Å². The molecule has 32 heavy (non-hydrogen) atoms. The van der Waals surface area contributed by atoms with Gasteiger partial charge in [-0.3, -0.25) is 0 Å². The molecule has 0 amide bonds. The Labute approximate surface area is 190 Å². The molecule has 0 atom stereocenters. The van der Waals surface area contributed by atoms with Crippen molar-refractivity contribution in [2.45, 2.75) is 16.8 Å². The lowest BCUT2D eigenvalue weighted by molar-refractivity contribution is -0.585. The molecular weight excluding hydrogens is 410 g/mol. The van der Waals surface area contributed by atoms with Crippen molar-refractivity contribution in [1.29, 1.82) is 0 Å². The van der Waals surface area contributed by atoms with E-state index in [9.17, 15) is 0 Å². The quantitative estimate of drug-likeness (QED) is 0.304. The second-order valence-electron chi connectivity index (χ2n) is 7.93. The van der Waals surface area contributed by atoms with Crippen LogP contribution in [0.25, 0.3) is 33.4 Å². The SMILES string of the molecule is Cc1ccc(-c2c(Sc3ccccc3)n3[nH]c4ccccc4[n+]3c2-c2ccccc2)cc1. The molecule has 0 saturated heterocycles. The summed E-state index contributed by atoms with van der Waals surface area (Å²) in [5.74, 6) is 0. The third kappa shape index (κ3) is 3.12. The van der Waals surface area contributed by atoms with Crippen LogP contribution in [-0.2, 0) is 0 Å². The van der Waals surface area contributed by atoms with Crippen molar-refractivity contribution in [2.75, 3.05) is 0 Å². The van der Waals surface area contributed by atoms with Crippen LogP contribution < -0.4 is 4.52 Å². The number of benzene rings is 4. The van der Waals surface area contributed by atoms with Gasteiger partial charge in [-0.05, 0) is 41.4 Å². The molecular formula is C28H22N3S+. The molecule has 0 unspecified atom stereocenters. The van der Waals surface area contributed by atoms with Crippen LogP contribution in [0.15, 0.2) is 119 Å². The minimum Gasteiger partial charge on any atom is -0.164 e. The number of para-hydroxylation sites is 2. The molecule has 0 aliphatic rings. The molecule has 2 aromatic heterocycles. The first-order valence-electron chi connectivity index (χ1n) is 10.7. The Morgan fingerprint density at radius 1 is 0.688 bits per heavy atom. The highest BCUT2D eigenvalue weighted by atomic mass is 32.2. The smallest absolute Gasteiger partial charge is 0.164 e. The molecule has 4 heteroatoms. The maximum absolute atomic E-state index is 3.64. The Kier molecular flexibility index (Phi) is 4.58. The Balaban J connectivity index is 1.75. The highest BCUT2D eigenvalue weighted by Crippen LogP contribution is 2.41. The number of nitrogens with one attached hydrogen (secondary N) is 1. The lowest BCUT2D eigenvalue weighted by Gasteiger charge is -2.06. The standard InChI is InChI=1S/C28H22N3S/c1-20-16-18-21(19-17-20)26-27(22-10-4-2-5-11-22)30-25-15-9-8-14-24(25)29-31(30)28(26)32-23-12-6-3-7-13-23/h2-19,29H,1H3/q+1. The van der Waals surface area contributed by atoms with E-state index < -0.39 is 0 Å². The van der Waals surface area contributed by atoms with Crippen LogP contribution in [0.5, 0.6) is 0 Å². The van der Waals surface area contributed by atoms with Crippen LogP contribution in [0.4, 0.5) is 0 Å². The van der Waals surface area contributed by atoms with Gasteiger partial charge >= 0.3 is 0 Å². The number of fused-ring (bicyclic) bond motifs is 3.